The Morgan fingerprint density at radius 3 is 2.70 bits per heavy atom. The van der Waals surface area contributed by atoms with Gasteiger partial charge in [-0.05, 0) is 31.5 Å². The van der Waals surface area contributed by atoms with E-state index in [0.717, 1.165) is 31.4 Å². The summed E-state index contributed by atoms with van der Waals surface area (Å²) in [6.07, 6.45) is 1.97. The molecule has 2 saturated heterocycles. The Morgan fingerprint density at radius 2 is 2.04 bits per heavy atom. The van der Waals surface area contributed by atoms with Crippen LogP contribution in [0.4, 0.5) is 0 Å². The fourth-order valence-electron chi connectivity index (χ4n) is 3.82. The molecule has 1 unspecified atom stereocenters. The zero-order valence-corrected chi connectivity index (χ0v) is 15.8. The third kappa shape index (κ3) is 3.65. The van der Waals surface area contributed by atoms with E-state index in [4.69, 9.17) is 10.5 Å². The maximum Gasteiger partial charge on any atom is 0.284 e. The van der Waals surface area contributed by atoms with Crippen LogP contribution >= 0.6 is 12.4 Å². The van der Waals surface area contributed by atoms with Crippen LogP contribution in [-0.4, -0.2) is 65.7 Å². The average molecular weight is 394 g/mol. The van der Waals surface area contributed by atoms with Crippen molar-refractivity contribution in [2.45, 2.75) is 18.9 Å². The summed E-state index contributed by atoms with van der Waals surface area (Å²) >= 11 is 0. The Balaban J connectivity index is 0.00000210. The fourth-order valence-corrected chi connectivity index (χ4v) is 3.82. The third-order valence-electron chi connectivity index (χ3n) is 5.11. The molecule has 2 aromatic rings. The Morgan fingerprint density at radius 1 is 1.26 bits per heavy atom. The number of piperidine rings is 1. The van der Waals surface area contributed by atoms with Crippen LogP contribution in [-0.2, 0) is 4.74 Å². The lowest BCUT2D eigenvalue weighted by Crippen LogP contribution is -2.40. The predicted molar refractivity (Wildman–Crippen MR) is 103 cm³/mol. The van der Waals surface area contributed by atoms with Gasteiger partial charge >= 0.3 is 0 Å². The number of imidazole rings is 1. The highest BCUT2D eigenvalue weighted by Gasteiger charge is 2.27. The smallest absolute Gasteiger partial charge is 0.284 e. The van der Waals surface area contributed by atoms with Gasteiger partial charge in [0.2, 0.25) is 0 Å². The molecule has 2 aliphatic heterocycles. The first-order chi connectivity index (χ1) is 12.7. The average Bonchev–Trinajstić information content (AvgIpc) is 3.09. The lowest BCUT2D eigenvalue weighted by Gasteiger charge is -2.27. The fraction of sp³-hybridized carbons (Fsp3) is 0.500. The number of morpholine rings is 1. The lowest BCUT2D eigenvalue weighted by molar-refractivity contribution is 0.0304. The molecule has 2 amide bonds. The largest absolute Gasteiger partial charge is 0.378 e. The second-order valence-electron chi connectivity index (χ2n) is 6.75. The first-order valence-electron chi connectivity index (χ1n) is 9.05. The highest BCUT2D eigenvalue weighted by atomic mass is 35.5. The zero-order chi connectivity index (χ0) is 18.1. The highest BCUT2D eigenvalue weighted by molar-refractivity contribution is 6.06. The summed E-state index contributed by atoms with van der Waals surface area (Å²) in [6.45, 7) is 3.92. The van der Waals surface area contributed by atoms with Crippen molar-refractivity contribution in [3.63, 3.8) is 0 Å². The van der Waals surface area contributed by atoms with Crippen molar-refractivity contribution < 1.29 is 14.3 Å². The summed E-state index contributed by atoms with van der Waals surface area (Å²) < 4.78 is 7.23. The highest BCUT2D eigenvalue weighted by Crippen LogP contribution is 2.28. The molecule has 4 rings (SSSR count). The van der Waals surface area contributed by atoms with Crippen molar-refractivity contribution in [1.29, 1.82) is 0 Å². The number of carbonyl (C=O) groups excluding carboxylic acids is 2. The van der Waals surface area contributed by atoms with Gasteiger partial charge in [0, 0.05) is 25.7 Å². The molecule has 2 fully saturated rings. The van der Waals surface area contributed by atoms with Crippen molar-refractivity contribution in [3.8, 4) is 0 Å². The number of amides is 2. The molecule has 27 heavy (non-hydrogen) atoms. The molecule has 3 N–H and O–H groups in total. The molecular weight excluding hydrogens is 370 g/mol. The molecule has 1 aromatic carbocycles. The van der Waals surface area contributed by atoms with Gasteiger partial charge in [-0.2, -0.15) is 0 Å². The van der Waals surface area contributed by atoms with Gasteiger partial charge in [0.25, 0.3) is 11.8 Å². The SMILES string of the molecule is Cl.NC(=O)c1nc2c(C(=O)N3CCOCC3)cccc2n1C1CCCNC1. The number of carbonyl (C=O) groups is 2. The molecule has 0 spiro atoms. The van der Waals surface area contributed by atoms with Gasteiger partial charge in [0.05, 0.1) is 24.3 Å². The number of hydrogen-bond donors (Lipinski definition) is 2. The number of halogens is 1. The number of hydrogen-bond acceptors (Lipinski definition) is 5. The molecule has 146 valence electrons. The molecule has 9 heteroatoms. The number of aromatic nitrogens is 2. The summed E-state index contributed by atoms with van der Waals surface area (Å²) in [6, 6.07) is 5.61. The van der Waals surface area contributed by atoms with Crippen LogP contribution in [0.5, 0.6) is 0 Å². The predicted octanol–water partition coefficient (Wildman–Crippen LogP) is 0.954. The Hall–Kier alpha value is -2.16. The van der Waals surface area contributed by atoms with E-state index in [0.29, 0.717) is 37.4 Å². The number of primary amides is 1. The normalized spacial score (nSPS) is 20.3. The van der Waals surface area contributed by atoms with E-state index in [-0.39, 0.29) is 30.2 Å². The molecule has 0 bridgehead atoms. The molecule has 3 heterocycles. The van der Waals surface area contributed by atoms with E-state index in [1.807, 2.05) is 16.7 Å². The first kappa shape index (κ1) is 19.6. The quantitative estimate of drug-likeness (QED) is 0.808. The van der Waals surface area contributed by atoms with E-state index >= 15 is 0 Å². The monoisotopic (exact) mass is 393 g/mol. The molecule has 1 aromatic heterocycles. The number of para-hydroxylation sites is 1. The summed E-state index contributed by atoms with van der Waals surface area (Å²) in [5, 5.41) is 3.35. The van der Waals surface area contributed by atoms with E-state index in [1.54, 1.807) is 11.0 Å². The Bertz CT molecular complexity index is 841. The summed E-state index contributed by atoms with van der Waals surface area (Å²) in [5.74, 6) is -0.436. The minimum Gasteiger partial charge on any atom is -0.378 e. The van der Waals surface area contributed by atoms with Crippen LogP contribution in [0.1, 0.15) is 39.9 Å². The number of benzene rings is 1. The summed E-state index contributed by atoms with van der Waals surface area (Å²) in [5.41, 5.74) is 7.44. The van der Waals surface area contributed by atoms with Gasteiger partial charge in [0.1, 0.15) is 5.52 Å². The molecule has 0 saturated carbocycles. The van der Waals surface area contributed by atoms with Gasteiger partial charge in [-0.15, -0.1) is 12.4 Å². The topological polar surface area (TPSA) is 102 Å². The number of nitrogens with two attached hydrogens (primary N) is 1. The molecule has 1 atom stereocenters. The summed E-state index contributed by atoms with van der Waals surface area (Å²) in [4.78, 5) is 31.2. The van der Waals surface area contributed by atoms with Gasteiger partial charge in [-0.1, -0.05) is 6.07 Å². The number of rotatable bonds is 3. The molecule has 0 radical (unpaired) electrons. The Labute approximate surface area is 163 Å². The first-order valence-corrected chi connectivity index (χ1v) is 9.05. The van der Waals surface area contributed by atoms with Crippen LogP contribution in [0.15, 0.2) is 18.2 Å². The maximum atomic E-state index is 13.0. The van der Waals surface area contributed by atoms with E-state index in [2.05, 4.69) is 10.3 Å². The van der Waals surface area contributed by atoms with Gasteiger partial charge < -0.3 is 25.3 Å². The van der Waals surface area contributed by atoms with Crippen LogP contribution in [0.25, 0.3) is 11.0 Å². The van der Waals surface area contributed by atoms with Crippen molar-refractivity contribution in [1.82, 2.24) is 19.8 Å². The van der Waals surface area contributed by atoms with E-state index < -0.39 is 5.91 Å². The van der Waals surface area contributed by atoms with Crippen LogP contribution in [0.2, 0.25) is 0 Å². The minimum atomic E-state index is -0.573. The Kier molecular flexibility index (Phi) is 5.98. The summed E-state index contributed by atoms with van der Waals surface area (Å²) in [7, 11) is 0. The molecular formula is C18H24ClN5O3. The number of nitrogens with zero attached hydrogens (tertiary/aromatic N) is 3. The number of fused-ring (bicyclic) bond motifs is 1. The standard InChI is InChI=1S/C18H23N5O3.ClH/c19-16(24)17-21-15-13(18(25)22-7-9-26-10-8-22)4-1-5-14(15)23(17)12-3-2-6-20-11-12;/h1,4-5,12,20H,2-3,6-11H2,(H2,19,24);1H. The number of ether oxygens (including phenoxy) is 1. The second kappa shape index (κ2) is 8.24. The van der Waals surface area contributed by atoms with Crippen LogP contribution in [0.3, 0.4) is 0 Å². The van der Waals surface area contributed by atoms with Crippen molar-refractivity contribution in [2.24, 2.45) is 5.73 Å². The van der Waals surface area contributed by atoms with Crippen LogP contribution in [0, 0.1) is 0 Å². The molecule has 0 aliphatic carbocycles. The lowest BCUT2D eigenvalue weighted by atomic mass is 10.1. The van der Waals surface area contributed by atoms with Crippen molar-refractivity contribution in [2.75, 3.05) is 39.4 Å². The van der Waals surface area contributed by atoms with Crippen molar-refractivity contribution in [3.05, 3.63) is 29.6 Å². The number of nitrogens with one attached hydrogen (secondary N) is 1. The van der Waals surface area contributed by atoms with E-state index in [9.17, 15) is 9.59 Å². The maximum absolute atomic E-state index is 13.0. The van der Waals surface area contributed by atoms with Crippen molar-refractivity contribution >= 4 is 35.3 Å². The second-order valence-corrected chi connectivity index (χ2v) is 6.75. The third-order valence-corrected chi connectivity index (χ3v) is 5.11. The molecule has 2 aliphatic rings. The van der Waals surface area contributed by atoms with Crippen LogP contribution < -0.4 is 11.1 Å². The van der Waals surface area contributed by atoms with E-state index in [1.165, 1.54) is 0 Å². The molecule has 8 nitrogen and oxygen atoms in total. The minimum absolute atomic E-state index is 0. The van der Waals surface area contributed by atoms with Gasteiger partial charge in [-0.25, -0.2) is 4.98 Å². The zero-order valence-electron chi connectivity index (χ0n) is 15.0. The van der Waals surface area contributed by atoms with Gasteiger partial charge in [0.15, 0.2) is 5.82 Å². The van der Waals surface area contributed by atoms with Gasteiger partial charge in [-0.3, -0.25) is 9.59 Å².